The van der Waals surface area contributed by atoms with Gasteiger partial charge >= 0.3 is 0 Å². The number of aromatic nitrogens is 7. The van der Waals surface area contributed by atoms with Crippen molar-refractivity contribution in [1.82, 2.24) is 39.8 Å². The van der Waals surface area contributed by atoms with Gasteiger partial charge in [0.1, 0.15) is 22.9 Å². The topological polar surface area (TPSA) is 117 Å². The van der Waals surface area contributed by atoms with Gasteiger partial charge in [-0.25, -0.2) is 19.6 Å². The Labute approximate surface area is 215 Å². The molecule has 0 aromatic carbocycles. The zero-order chi connectivity index (χ0) is 25.4. The van der Waals surface area contributed by atoms with Gasteiger partial charge in [-0.15, -0.1) is 0 Å². The Hall–Kier alpha value is -3.99. The molecule has 1 saturated heterocycles. The van der Waals surface area contributed by atoms with E-state index in [9.17, 15) is 0 Å². The Morgan fingerprint density at radius 2 is 1.81 bits per heavy atom. The molecule has 1 atom stereocenters. The molecule has 0 radical (unpaired) electrons. The normalized spacial score (nSPS) is 18.2. The van der Waals surface area contributed by atoms with Crippen molar-refractivity contribution >= 4 is 11.6 Å². The zero-order valence-corrected chi connectivity index (χ0v) is 21.3. The average Bonchev–Trinajstić information content (AvgIpc) is 3.47. The fourth-order valence-electron chi connectivity index (χ4n) is 4.95. The summed E-state index contributed by atoms with van der Waals surface area (Å²) >= 11 is 0. The molecular weight excluding hydrogens is 470 g/mol. The van der Waals surface area contributed by atoms with E-state index < -0.39 is 0 Å². The lowest BCUT2D eigenvalue weighted by molar-refractivity contribution is 0.173. The molecular formula is C26H31N9O2. The van der Waals surface area contributed by atoms with Crippen LogP contribution in [0.3, 0.4) is 0 Å². The highest BCUT2D eigenvalue weighted by Gasteiger charge is 2.23. The van der Waals surface area contributed by atoms with Gasteiger partial charge in [0, 0.05) is 48.7 Å². The summed E-state index contributed by atoms with van der Waals surface area (Å²) < 4.78 is 16.5. The van der Waals surface area contributed by atoms with Gasteiger partial charge in [-0.1, -0.05) is 0 Å². The van der Waals surface area contributed by atoms with Crippen LogP contribution in [-0.2, 0) is 7.05 Å². The van der Waals surface area contributed by atoms with Crippen molar-refractivity contribution < 1.29 is 9.47 Å². The van der Waals surface area contributed by atoms with Gasteiger partial charge < -0.3 is 20.1 Å². The summed E-state index contributed by atoms with van der Waals surface area (Å²) in [5, 5.41) is 15.8. The Morgan fingerprint density at radius 3 is 2.68 bits per heavy atom. The molecule has 6 heterocycles. The molecule has 6 rings (SSSR count). The summed E-state index contributed by atoms with van der Waals surface area (Å²) in [5.41, 5.74) is 3.80. The number of nitrogens with one attached hydrogen (secondary N) is 2. The zero-order valence-electron chi connectivity index (χ0n) is 21.3. The third-order valence-corrected chi connectivity index (χ3v) is 6.98. The second-order valence-electron chi connectivity index (χ2n) is 9.58. The summed E-state index contributed by atoms with van der Waals surface area (Å²) in [6.07, 6.45) is 9.94. The predicted molar refractivity (Wildman–Crippen MR) is 139 cm³/mol. The van der Waals surface area contributed by atoms with Gasteiger partial charge in [0.05, 0.1) is 31.1 Å². The van der Waals surface area contributed by atoms with Crippen LogP contribution in [0.2, 0.25) is 0 Å². The molecule has 2 N–H and O–H groups in total. The second-order valence-corrected chi connectivity index (χ2v) is 9.58. The monoisotopic (exact) mass is 501 g/mol. The number of hydrogen-bond donors (Lipinski definition) is 2. The van der Waals surface area contributed by atoms with Crippen LogP contribution in [0.4, 0.5) is 11.6 Å². The molecule has 2 aliphatic heterocycles. The lowest BCUT2D eigenvalue weighted by Crippen LogP contribution is -2.30. The Balaban J connectivity index is 1.37. The molecule has 0 unspecified atom stereocenters. The number of pyridine rings is 1. The largest absolute Gasteiger partial charge is 0.490 e. The first-order chi connectivity index (χ1) is 18.1. The van der Waals surface area contributed by atoms with E-state index >= 15 is 0 Å². The first-order valence-corrected chi connectivity index (χ1v) is 12.7. The Bertz CT molecular complexity index is 1410. The van der Waals surface area contributed by atoms with Crippen LogP contribution >= 0.6 is 0 Å². The van der Waals surface area contributed by atoms with Crippen molar-refractivity contribution in [1.29, 1.82) is 0 Å². The molecule has 4 bridgehead atoms. The molecule has 0 amide bonds. The average molecular weight is 502 g/mol. The van der Waals surface area contributed by atoms with E-state index in [-0.39, 0.29) is 6.10 Å². The van der Waals surface area contributed by atoms with Crippen molar-refractivity contribution in [3.05, 3.63) is 42.6 Å². The van der Waals surface area contributed by atoms with E-state index in [0.717, 1.165) is 54.1 Å². The first kappa shape index (κ1) is 23.4. The number of anilines is 2. The summed E-state index contributed by atoms with van der Waals surface area (Å²) in [4.78, 5) is 13.8. The fourth-order valence-corrected chi connectivity index (χ4v) is 4.95. The highest BCUT2D eigenvalue weighted by molar-refractivity contribution is 5.74. The maximum atomic E-state index is 6.49. The van der Waals surface area contributed by atoms with Crippen molar-refractivity contribution in [3.63, 3.8) is 0 Å². The van der Waals surface area contributed by atoms with Crippen molar-refractivity contribution in [3.8, 4) is 34.1 Å². The van der Waals surface area contributed by atoms with Crippen LogP contribution in [0.25, 0.3) is 22.5 Å². The molecule has 2 aliphatic rings. The van der Waals surface area contributed by atoms with Gasteiger partial charge in [0.25, 0.3) is 0 Å². The van der Waals surface area contributed by atoms with Crippen molar-refractivity contribution in [2.24, 2.45) is 7.05 Å². The molecule has 0 saturated carbocycles. The number of rotatable bonds is 2. The molecule has 4 aromatic rings. The van der Waals surface area contributed by atoms with Gasteiger partial charge in [-0.3, -0.25) is 4.68 Å². The third kappa shape index (κ3) is 4.62. The van der Waals surface area contributed by atoms with Gasteiger partial charge in [-0.05, 0) is 45.8 Å². The SMILES string of the molecule is Cc1c(-c2cnc3cc2O[C@@H](C)CCOc2c(cnn2C)-c2nccc(n2)N3)cnn1C1CCNCC1. The third-order valence-electron chi connectivity index (χ3n) is 6.98. The molecule has 0 aliphatic carbocycles. The maximum Gasteiger partial charge on any atom is 0.222 e. The first-order valence-electron chi connectivity index (χ1n) is 12.7. The van der Waals surface area contributed by atoms with Gasteiger partial charge in [0.15, 0.2) is 5.82 Å². The summed E-state index contributed by atoms with van der Waals surface area (Å²) in [7, 11) is 1.84. The van der Waals surface area contributed by atoms with Gasteiger partial charge in [0.2, 0.25) is 5.88 Å². The highest BCUT2D eigenvalue weighted by atomic mass is 16.5. The number of ether oxygens (including phenoxy) is 2. The molecule has 4 aromatic heterocycles. The van der Waals surface area contributed by atoms with Crippen molar-refractivity contribution in [2.45, 2.75) is 45.3 Å². The van der Waals surface area contributed by atoms with Gasteiger partial charge in [-0.2, -0.15) is 10.2 Å². The van der Waals surface area contributed by atoms with E-state index in [2.05, 4.69) is 37.3 Å². The summed E-state index contributed by atoms with van der Waals surface area (Å²) in [5.74, 6) is 3.15. The van der Waals surface area contributed by atoms with Crippen LogP contribution < -0.4 is 20.1 Å². The minimum atomic E-state index is -0.0949. The van der Waals surface area contributed by atoms with E-state index in [4.69, 9.17) is 19.6 Å². The van der Waals surface area contributed by atoms with Crippen molar-refractivity contribution in [2.75, 3.05) is 25.0 Å². The van der Waals surface area contributed by atoms with Crippen LogP contribution in [0.5, 0.6) is 11.6 Å². The maximum absolute atomic E-state index is 6.49. The number of aryl methyl sites for hydroxylation is 1. The molecule has 192 valence electrons. The smallest absolute Gasteiger partial charge is 0.222 e. The standard InChI is InChI=1S/C26H31N9O2/c1-16-7-11-36-26-21(15-30-34(26)3)25-28-10-6-23(33-25)32-24-12-22(37-16)20(13-29-24)19-14-31-35(17(19)2)18-4-8-27-9-5-18/h6,10,12-16,18,27H,4-5,7-9,11H2,1-3H3,(H,28,29,32,33)/t16-/m0/s1. The lowest BCUT2D eigenvalue weighted by atomic mass is 10.0. The molecule has 0 spiro atoms. The molecule has 11 heteroatoms. The van der Waals surface area contributed by atoms with E-state index in [0.29, 0.717) is 42.4 Å². The van der Waals surface area contributed by atoms with Crippen LogP contribution in [0.1, 0.15) is 37.9 Å². The quantitative estimate of drug-likeness (QED) is 0.424. The Kier molecular flexibility index (Phi) is 6.21. The Morgan fingerprint density at radius 1 is 0.973 bits per heavy atom. The lowest BCUT2D eigenvalue weighted by Gasteiger charge is -2.24. The van der Waals surface area contributed by atoms with E-state index in [1.165, 1.54) is 0 Å². The minimum absolute atomic E-state index is 0.0949. The minimum Gasteiger partial charge on any atom is -0.490 e. The van der Waals surface area contributed by atoms with E-state index in [1.54, 1.807) is 23.1 Å². The molecule has 37 heavy (non-hydrogen) atoms. The van der Waals surface area contributed by atoms with Crippen LogP contribution in [0.15, 0.2) is 36.9 Å². The van der Waals surface area contributed by atoms with E-state index in [1.807, 2.05) is 32.4 Å². The number of piperidine rings is 1. The number of fused-ring (bicyclic) bond motifs is 6. The number of hydrogen-bond acceptors (Lipinski definition) is 9. The molecule has 11 nitrogen and oxygen atoms in total. The van der Waals surface area contributed by atoms with Crippen LogP contribution in [0, 0.1) is 6.92 Å². The summed E-state index contributed by atoms with van der Waals surface area (Å²) in [6, 6.07) is 4.13. The predicted octanol–water partition coefficient (Wildman–Crippen LogP) is 3.66. The fraction of sp³-hybridized carbons (Fsp3) is 0.423. The highest BCUT2D eigenvalue weighted by Crippen LogP contribution is 2.36. The van der Waals surface area contributed by atoms with Crippen LogP contribution in [-0.4, -0.2) is 60.3 Å². The summed E-state index contributed by atoms with van der Waals surface area (Å²) in [6.45, 7) is 6.66. The number of nitrogens with zero attached hydrogens (tertiary/aromatic N) is 7. The second kappa shape index (κ2) is 9.81. The molecule has 1 fully saturated rings.